The van der Waals surface area contributed by atoms with Gasteiger partial charge in [0.15, 0.2) is 5.76 Å². The van der Waals surface area contributed by atoms with Crippen LogP contribution < -0.4 is 9.47 Å². The Bertz CT molecular complexity index is 1150. The van der Waals surface area contributed by atoms with Gasteiger partial charge in [-0.2, -0.15) is 0 Å². The summed E-state index contributed by atoms with van der Waals surface area (Å²) in [7, 11) is 0. The van der Waals surface area contributed by atoms with Gasteiger partial charge in [0.1, 0.15) is 17.3 Å². The van der Waals surface area contributed by atoms with E-state index in [1.54, 1.807) is 6.92 Å². The average Bonchev–Trinajstić information content (AvgIpc) is 3.04. The standard InChI is InChI=1S/C22H13ClFNO4/c1-12-18(29-22(27)13-7-9-25-10-8-13)6-5-14-20(26)19(28-21(12)14)11-15-16(23)3-2-4-17(15)24/h2-11H,1H3/b19-11-. The van der Waals surface area contributed by atoms with Crippen LogP contribution >= 0.6 is 11.6 Å². The van der Waals surface area contributed by atoms with Gasteiger partial charge in [0.2, 0.25) is 5.78 Å². The zero-order valence-electron chi connectivity index (χ0n) is 15.1. The van der Waals surface area contributed by atoms with Crippen LogP contribution in [0.4, 0.5) is 4.39 Å². The summed E-state index contributed by atoms with van der Waals surface area (Å²) in [4.78, 5) is 28.8. The number of ether oxygens (including phenoxy) is 2. The van der Waals surface area contributed by atoms with E-state index in [0.717, 1.165) is 0 Å². The molecule has 3 aromatic rings. The SMILES string of the molecule is Cc1c(OC(=O)c2ccncc2)ccc2c1O/C(=C\c1c(F)cccc1Cl)C2=O. The van der Waals surface area contributed by atoms with Gasteiger partial charge < -0.3 is 9.47 Å². The van der Waals surface area contributed by atoms with Crippen molar-refractivity contribution in [2.45, 2.75) is 6.92 Å². The summed E-state index contributed by atoms with van der Waals surface area (Å²) in [5.74, 6) is -1.09. The monoisotopic (exact) mass is 409 g/mol. The van der Waals surface area contributed by atoms with E-state index in [-0.39, 0.29) is 27.8 Å². The number of carbonyl (C=O) groups is 2. The van der Waals surface area contributed by atoms with Crippen LogP contribution in [-0.4, -0.2) is 16.7 Å². The molecule has 0 unspecified atom stereocenters. The van der Waals surface area contributed by atoms with Gasteiger partial charge in [-0.1, -0.05) is 17.7 Å². The Labute approximate surface area is 170 Å². The van der Waals surface area contributed by atoms with Crippen molar-refractivity contribution in [3.63, 3.8) is 0 Å². The Hall–Kier alpha value is -3.51. The summed E-state index contributed by atoms with van der Waals surface area (Å²) >= 11 is 6.03. The number of Topliss-reactive ketones (excluding diaryl/α,β-unsaturated/α-hetero) is 1. The summed E-state index contributed by atoms with van der Waals surface area (Å²) in [6.45, 7) is 1.67. The van der Waals surface area contributed by atoms with Gasteiger partial charge in [0.25, 0.3) is 0 Å². The van der Waals surface area contributed by atoms with E-state index in [9.17, 15) is 14.0 Å². The number of carbonyl (C=O) groups excluding carboxylic acids is 2. The number of ketones is 1. The minimum absolute atomic E-state index is 0.0623. The van der Waals surface area contributed by atoms with Crippen LogP contribution in [0, 0.1) is 12.7 Å². The highest BCUT2D eigenvalue weighted by molar-refractivity contribution is 6.32. The predicted molar refractivity (Wildman–Crippen MR) is 105 cm³/mol. The first-order chi connectivity index (χ1) is 14.0. The molecule has 5 nitrogen and oxygen atoms in total. The van der Waals surface area contributed by atoms with Crippen LogP contribution in [0.2, 0.25) is 5.02 Å². The maximum atomic E-state index is 14.1. The Morgan fingerprint density at radius 2 is 1.93 bits per heavy atom. The molecule has 2 aromatic carbocycles. The lowest BCUT2D eigenvalue weighted by Gasteiger charge is -2.10. The van der Waals surface area contributed by atoms with E-state index in [1.807, 2.05) is 0 Å². The second-order valence-corrected chi connectivity index (χ2v) is 6.67. The number of rotatable bonds is 3. The van der Waals surface area contributed by atoms with E-state index in [1.165, 1.54) is 60.9 Å². The lowest BCUT2D eigenvalue weighted by molar-refractivity contribution is 0.0733. The van der Waals surface area contributed by atoms with E-state index >= 15 is 0 Å². The molecule has 7 heteroatoms. The minimum Gasteiger partial charge on any atom is -0.452 e. The molecule has 0 aliphatic carbocycles. The number of fused-ring (bicyclic) bond motifs is 1. The van der Waals surface area contributed by atoms with Crippen LogP contribution in [-0.2, 0) is 0 Å². The summed E-state index contributed by atoms with van der Waals surface area (Å²) in [5, 5.41) is 0.161. The van der Waals surface area contributed by atoms with Crippen molar-refractivity contribution in [1.29, 1.82) is 0 Å². The quantitative estimate of drug-likeness (QED) is 0.345. The number of esters is 1. The molecule has 29 heavy (non-hydrogen) atoms. The first-order valence-electron chi connectivity index (χ1n) is 8.60. The smallest absolute Gasteiger partial charge is 0.343 e. The molecule has 1 aliphatic rings. The fourth-order valence-electron chi connectivity index (χ4n) is 2.91. The number of nitrogens with zero attached hydrogens (tertiary/aromatic N) is 1. The van der Waals surface area contributed by atoms with Crippen molar-refractivity contribution < 1.29 is 23.5 Å². The molecule has 2 heterocycles. The largest absolute Gasteiger partial charge is 0.452 e. The van der Waals surface area contributed by atoms with E-state index in [2.05, 4.69) is 4.98 Å². The van der Waals surface area contributed by atoms with Crippen molar-refractivity contribution in [2.75, 3.05) is 0 Å². The van der Waals surface area contributed by atoms with Crippen LogP contribution in [0.3, 0.4) is 0 Å². The fourth-order valence-corrected chi connectivity index (χ4v) is 3.12. The highest BCUT2D eigenvalue weighted by atomic mass is 35.5. The summed E-state index contributed by atoms with van der Waals surface area (Å²) in [6.07, 6.45) is 4.24. The molecule has 0 bridgehead atoms. The molecular formula is C22H13ClFNO4. The third-order valence-corrected chi connectivity index (χ3v) is 4.76. The number of aromatic nitrogens is 1. The number of allylic oxidation sites excluding steroid dienone is 1. The highest BCUT2D eigenvalue weighted by Gasteiger charge is 2.31. The van der Waals surface area contributed by atoms with Crippen molar-refractivity contribution in [1.82, 2.24) is 4.98 Å². The second-order valence-electron chi connectivity index (χ2n) is 6.27. The third kappa shape index (κ3) is 3.50. The molecule has 1 aliphatic heterocycles. The molecule has 0 atom stereocenters. The second kappa shape index (κ2) is 7.48. The summed E-state index contributed by atoms with van der Waals surface area (Å²) in [5.41, 5.74) is 1.17. The molecule has 0 radical (unpaired) electrons. The first kappa shape index (κ1) is 18.8. The van der Waals surface area contributed by atoms with Crippen molar-refractivity contribution >= 4 is 29.4 Å². The van der Waals surface area contributed by atoms with Gasteiger partial charge in [-0.15, -0.1) is 0 Å². The van der Waals surface area contributed by atoms with Gasteiger partial charge in [-0.25, -0.2) is 9.18 Å². The summed E-state index contributed by atoms with van der Waals surface area (Å²) < 4.78 is 25.2. The van der Waals surface area contributed by atoms with Crippen LogP contribution in [0.15, 0.2) is 60.6 Å². The zero-order valence-corrected chi connectivity index (χ0v) is 15.9. The molecular weight excluding hydrogens is 397 g/mol. The van der Waals surface area contributed by atoms with Crippen molar-refractivity contribution in [2.24, 2.45) is 0 Å². The molecule has 0 saturated carbocycles. The number of hydrogen-bond donors (Lipinski definition) is 0. The maximum Gasteiger partial charge on any atom is 0.343 e. The molecule has 0 saturated heterocycles. The number of hydrogen-bond acceptors (Lipinski definition) is 5. The topological polar surface area (TPSA) is 65.5 Å². The lowest BCUT2D eigenvalue weighted by Crippen LogP contribution is -2.09. The number of halogens is 2. The minimum atomic E-state index is -0.568. The van der Waals surface area contributed by atoms with Crippen molar-refractivity contribution in [3.05, 3.63) is 93.7 Å². The fraction of sp³-hybridized carbons (Fsp3) is 0.0455. The van der Waals surface area contributed by atoms with E-state index in [0.29, 0.717) is 16.7 Å². The molecule has 0 amide bonds. The van der Waals surface area contributed by atoms with Crippen LogP contribution in [0.5, 0.6) is 11.5 Å². The molecule has 0 N–H and O–H groups in total. The molecule has 144 valence electrons. The molecule has 0 spiro atoms. The van der Waals surface area contributed by atoms with Gasteiger partial charge in [-0.05, 0) is 49.4 Å². The van der Waals surface area contributed by atoms with Gasteiger partial charge in [0, 0.05) is 23.5 Å². The zero-order chi connectivity index (χ0) is 20.5. The Kier molecular flexibility index (Phi) is 4.86. The van der Waals surface area contributed by atoms with E-state index in [4.69, 9.17) is 21.1 Å². The molecule has 0 fully saturated rings. The number of pyridine rings is 1. The van der Waals surface area contributed by atoms with Crippen LogP contribution in [0.1, 0.15) is 31.8 Å². The predicted octanol–water partition coefficient (Wildman–Crippen LogP) is 5.02. The number of benzene rings is 2. The Morgan fingerprint density at radius 1 is 1.17 bits per heavy atom. The normalized spacial score (nSPS) is 13.9. The summed E-state index contributed by atoms with van der Waals surface area (Å²) in [6, 6.07) is 10.3. The third-order valence-electron chi connectivity index (χ3n) is 4.43. The Morgan fingerprint density at radius 3 is 2.66 bits per heavy atom. The van der Waals surface area contributed by atoms with Gasteiger partial charge >= 0.3 is 5.97 Å². The Balaban J connectivity index is 1.66. The molecule has 1 aromatic heterocycles. The maximum absolute atomic E-state index is 14.1. The first-order valence-corrected chi connectivity index (χ1v) is 8.97. The lowest BCUT2D eigenvalue weighted by atomic mass is 10.1. The van der Waals surface area contributed by atoms with E-state index < -0.39 is 17.6 Å². The van der Waals surface area contributed by atoms with Gasteiger partial charge in [0.05, 0.1) is 16.1 Å². The molecule has 4 rings (SSSR count). The highest BCUT2D eigenvalue weighted by Crippen LogP contribution is 2.40. The van der Waals surface area contributed by atoms with Crippen LogP contribution in [0.25, 0.3) is 6.08 Å². The van der Waals surface area contributed by atoms with Crippen molar-refractivity contribution in [3.8, 4) is 11.5 Å². The average molecular weight is 410 g/mol. The van der Waals surface area contributed by atoms with Gasteiger partial charge in [-0.3, -0.25) is 9.78 Å².